The molecular weight excluding hydrogens is 266 g/mol. The van der Waals surface area contributed by atoms with Crippen LogP contribution in [0.3, 0.4) is 0 Å². The van der Waals surface area contributed by atoms with Crippen molar-refractivity contribution < 1.29 is 4.79 Å². The Hall–Kier alpha value is -1.74. The Morgan fingerprint density at radius 3 is 2.60 bits per heavy atom. The molecule has 2 nitrogen and oxygen atoms in total. The van der Waals surface area contributed by atoms with E-state index in [9.17, 15) is 4.79 Å². The van der Waals surface area contributed by atoms with Gasteiger partial charge in [0.05, 0.1) is 0 Å². The normalized spacial score (nSPS) is 14.2. The van der Waals surface area contributed by atoms with Crippen molar-refractivity contribution in [1.29, 1.82) is 0 Å². The minimum absolute atomic E-state index is 0.271. The Kier molecular flexibility index (Phi) is 4.07. The van der Waals surface area contributed by atoms with Crippen LogP contribution in [0.15, 0.2) is 59.5 Å². The summed E-state index contributed by atoms with van der Waals surface area (Å²) < 4.78 is 0. The molecule has 1 heterocycles. The summed E-state index contributed by atoms with van der Waals surface area (Å²) >= 11 is 1.86. The van der Waals surface area contributed by atoms with E-state index in [1.165, 1.54) is 4.90 Å². The number of carbonyl (C=O) groups excluding carboxylic acids is 1. The summed E-state index contributed by atoms with van der Waals surface area (Å²) in [5.74, 6) is 1.31. The van der Waals surface area contributed by atoms with Crippen LogP contribution in [0.25, 0.3) is 0 Å². The van der Waals surface area contributed by atoms with Crippen molar-refractivity contribution in [1.82, 2.24) is 0 Å². The van der Waals surface area contributed by atoms with E-state index < -0.39 is 0 Å². The number of para-hydroxylation sites is 1. The Morgan fingerprint density at radius 1 is 1.00 bits per heavy atom. The molecule has 0 bridgehead atoms. The molecule has 0 aliphatic carbocycles. The van der Waals surface area contributed by atoms with E-state index in [0.29, 0.717) is 6.42 Å². The predicted molar refractivity (Wildman–Crippen MR) is 84.8 cm³/mol. The maximum absolute atomic E-state index is 11.9. The van der Waals surface area contributed by atoms with Crippen LogP contribution in [0.4, 0.5) is 5.69 Å². The van der Waals surface area contributed by atoms with Crippen molar-refractivity contribution in [3.05, 3.63) is 60.2 Å². The molecule has 0 saturated heterocycles. The molecular formula is C17H17NOS. The van der Waals surface area contributed by atoms with Gasteiger partial charge in [-0.05, 0) is 24.3 Å². The lowest BCUT2D eigenvalue weighted by Crippen LogP contribution is -2.33. The molecule has 0 aromatic heterocycles. The van der Waals surface area contributed by atoms with Gasteiger partial charge in [0.2, 0.25) is 0 Å². The molecule has 102 valence electrons. The zero-order chi connectivity index (χ0) is 13.8. The van der Waals surface area contributed by atoms with Crippen LogP contribution in [0, 0.1) is 0 Å². The summed E-state index contributed by atoms with van der Waals surface area (Å²) in [5, 5.41) is 0. The third-order valence-corrected chi connectivity index (χ3v) is 4.52. The number of thioether (sulfide) groups is 1. The molecule has 0 spiro atoms. The topological polar surface area (TPSA) is 20.3 Å². The fourth-order valence-corrected chi connectivity index (χ4v) is 3.40. The third-order valence-electron chi connectivity index (χ3n) is 3.53. The first kappa shape index (κ1) is 13.3. The van der Waals surface area contributed by atoms with E-state index in [4.69, 9.17) is 0 Å². The van der Waals surface area contributed by atoms with Gasteiger partial charge in [-0.1, -0.05) is 30.3 Å². The van der Waals surface area contributed by atoms with E-state index in [2.05, 4.69) is 35.2 Å². The average molecular weight is 283 g/mol. The second-order valence-corrected chi connectivity index (χ2v) is 6.01. The number of fused-ring (bicyclic) bond motifs is 1. The molecule has 0 unspecified atom stereocenters. The number of Topliss-reactive ketones (excluding diaryl/α,β-unsaturated/α-hetero) is 1. The Morgan fingerprint density at radius 2 is 1.75 bits per heavy atom. The first-order chi connectivity index (χ1) is 9.84. The van der Waals surface area contributed by atoms with Crippen LogP contribution < -0.4 is 4.90 Å². The molecule has 3 rings (SSSR count). The van der Waals surface area contributed by atoms with Crippen LogP contribution in [-0.2, 0) is 0 Å². The number of ketones is 1. The summed E-state index contributed by atoms with van der Waals surface area (Å²) in [7, 11) is 0. The van der Waals surface area contributed by atoms with Gasteiger partial charge in [0.25, 0.3) is 0 Å². The summed E-state index contributed by atoms with van der Waals surface area (Å²) in [4.78, 5) is 15.5. The number of benzene rings is 2. The molecule has 0 radical (unpaired) electrons. The first-order valence-electron chi connectivity index (χ1n) is 6.89. The largest absolute Gasteiger partial charge is 0.370 e. The summed E-state index contributed by atoms with van der Waals surface area (Å²) in [5.41, 5.74) is 1.97. The number of hydrogen-bond acceptors (Lipinski definition) is 3. The minimum atomic E-state index is 0.271. The minimum Gasteiger partial charge on any atom is -0.370 e. The van der Waals surface area contributed by atoms with Gasteiger partial charge in [-0.25, -0.2) is 0 Å². The summed E-state index contributed by atoms with van der Waals surface area (Å²) in [6, 6.07) is 18.4. The van der Waals surface area contributed by atoms with Crippen LogP contribution in [0.2, 0.25) is 0 Å². The van der Waals surface area contributed by atoms with Crippen molar-refractivity contribution in [2.24, 2.45) is 0 Å². The maximum atomic E-state index is 11.9. The quantitative estimate of drug-likeness (QED) is 0.794. The van der Waals surface area contributed by atoms with Gasteiger partial charge >= 0.3 is 0 Å². The average Bonchev–Trinajstić information content (AvgIpc) is 2.51. The third kappa shape index (κ3) is 2.88. The van der Waals surface area contributed by atoms with Crippen LogP contribution in [0.1, 0.15) is 16.8 Å². The number of nitrogens with zero attached hydrogens (tertiary/aromatic N) is 1. The maximum Gasteiger partial charge on any atom is 0.166 e. The molecule has 1 aliphatic rings. The second kappa shape index (κ2) is 6.14. The van der Waals surface area contributed by atoms with Crippen molar-refractivity contribution in [2.45, 2.75) is 11.3 Å². The molecule has 20 heavy (non-hydrogen) atoms. The van der Waals surface area contributed by atoms with E-state index >= 15 is 0 Å². The monoisotopic (exact) mass is 283 g/mol. The lowest BCUT2D eigenvalue weighted by molar-refractivity contribution is 0.0980. The molecule has 2 aromatic carbocycles. The molecule has 3 heteroatoms. The highest BCUT2D eigenvalue weighted by atomic mass is 32.2. The number of carbonyl (C=O) groups is 1. The van der Waals surface area contributed by atoms with E-state index in [1.54, 1.807) is 0 Å². The second-order valence-electron chi connectivity index (χ2n) is 4.84. The highest BCUT2D eigenvalue weighted by molar-refractivity contribution is 7.99. The Labute approximate surface area is 123 Å². The first-order valence-corrected chi connectivity index (χ1v) is 7.88. The number of hydrogen-bond donors (Lipinski definition) is 0. The molecule has 0 atom stereocenters. The van der Waals surface area contributed by atoms with Gasteiger partial charge in [-0.3, -0.25) is 4.79 Å². The summed E-state index contributed by atoms with van der Waals surface area (Å²) in [6.07, 6.45) is 0.632. The molecule has 2 aromatic rings. The van der Waals surface area contributed by atoms with Crippen LogP contribution in [0.5, 0.6) is 0 Å². The van der Waals surface area contributed by atoms with Crippen molar-refractivity contribution in [3.63, 3.8) is 0 Å². The van der Waals surface area contributed by atoms with Gasteiger partial charge in [0, 0.05) is 41.4 Å². The summed E-state index contributed by atoms with van der Waals surface area (Å²) in [6.45, 7) is 1.81. The Balaban J connectivity index is 1.64. The van der Waals surface area contributed by atoms with E-state index in [-0.39, 0.29) is 5.78 Å². The predicted octanol–water partition coefficient (Wildman–Crippen LogP) is 3.87. The van der Waals surface area contributed by atoms with Gasteiger partial charge < -0.3 is 4.90 Å². The number of anilines is 1. The molecule has 0 fully saturated rings. The van der Waals surface area contributed by atoms with E-state index in [1.807, 2.05) is 36.0 Å². The Bertz CT molecular complexity index is 597. The zero-order valence-electron chi connectivity index (χ0n) is 11.3. The molecule has 0 saturated carbocycles. The lowest BCUT2D eigenvalue weighted by atomic mass is 10.0. The van der Waals surface area contributed by atoms with Crippen molar-refractivity contribution >= 4 is 23.2 Å². The fraction of sp³-hybridized carbons (Fsp3) is 0.235. The standard InChI is InChI=1S/C17H17NOS/c19-17-10-11-18(16-9-5-4-8-15(16)17)12-13-20-14-6-2-1-3-7-14/h1-9H,10-13H2. The molecule has 1 aliphatic heterocycles. The van der Waals surface area contributed by atoms with Gasteiger partial charge in [0.15, 0.2) is 5.78 Å². The SMILES string of the molecule is O=C1CCN(CCSc2ccccc2)c2ccccc21. The van der Waals surface area contributed by atoms with Crippen molar-refractivity contribution in [3.8, 4) is 0 Å². The van der Waals surface area contributed by atoms with Crippen LogP contribution >= 0.6 is 11.8 Å². The van der Waals surface area contributed by atoms with E-state index in [0.717, 1.165) is 30.1 Å². The fourth-order valence-electron chi connectivity index (χ4n) is 2.50. The lowest BCUT2D eigenvalue weighted by Gasteiger charge is -2.30. The highest BCUT2D eigenvalue weighted by Gasteiger charge is 2.21. The number of rotatable bonds is 4. The van der Waals surface area contributed by atoms with Crippen LogP contribution in [-0.4, -0.2) is 24.6 Å². The highest BCUT2D eigenvalue weighted by Crippen LogP contribution is 2.27. The molecule has 0 N–H and O–H groups in total. The van der Waals surface area contributed by atoms with Gasteiger partial charge in [-0.2, -0.15) is 0 Å². The van der Waals surface area contributed by atoms with Gasteiger partial charge in [0.1, 0.15) is 0 Å². The molecule has 0 amide bonds. The zero-order valence-corrected chi connectivity index (χ0v) is 12.1. The smallest absolute Gasteiger partial charge is 0.166 e. The van der Waals surface area contributed by atoms with Gasteiger partial charge in [-0.15, -0.1) is 11.8 Å². The van der Waals surface area contributed by atoms with Crippen molar-refractivity contribution in [2.75, 3.05) is 23.7 Å².